The smallest absolute Gasteiger partial charge is 0.307 e. The van der Waals surface area contributed by atoms with E-state index in [1.807, 2.05) is 20.8 Å². The minimum Gasteiger partial charge on any atom is -0.469 e. The van der Waals surface area contributed by atoms with E-state index >= 15 is 0 Å². The third kappa shape index (κ3) is 4.82. The predicted molar refractivity (Wildman–Crippen MR) is 73.7 cm³/mol. The van der Waals surface area contributed by atoms with Crippen molar-refractivity contribution in [1.82, 2.24) is 10.2 Å². The summed E-state index contributed by atoms with van der Waals surface area (Å²) in [6.45, 7) is 6.68. The van der Waals surface area contributed by atoms with E-state index < -0.39 is 0 Å². The third-order valence-electron chi connectivity index (χ3n) is 3.61. The lowest BCUT2D eigenvalue weighted by Gasteiger charge is -2.38. The van der Waals surface area contributed by atoms with Crippen LogP contribution >= 0.6 is 0 Å². The molecule has 19 heavy (non-hydrogen) atoms. The van der Waals surface area contributed by atoms with E-state index in [1.165, 1.54) is 7.11 Å². The SMILES string of the molecule is COC(=O)CC1CCCCN1C(C)C(=O)NC(C)C. The molecule has 0 aromatic carbocycles. The molecule has 0 radical (unpaired) electrons. The van der Waals surface area contributed by atoms with E-state index in [4.69, 9.17) is 4.74 Å². The molecule has 1 aliphatic rings. The second-order valence-corrected chi connectivity index (χ2v) is 5.51. The Morgan fingerprint density at radius 3 is 2.58 bits per heavy atom. The van der Waals surface area contributed by atoms with E-state index in [9.17, 15) is 9.59 Å². The molecule has 0 aromatic heterocycles. The molecule has 2 unspecified atom stereocenters. The number of nitrogens with one attached hydrogen (secondary N) is 1. The van der Waals surface area contributed by atoms with Gasteiger partial charge >= 0.3 is 5.97 Å². The van der Waals surface area contributed by atoms with Gasteiger partial charge in [0.2, 0.25) is 5.91 Å². The molecule has 5 nitrogen and oxygen atoms in total. The molecule has 0 saturated carbocycles. The first-order chi connectivity index (χ1) is 8.95. The number of rotatable bonds is 5. The first-order valence-electron chi connectivity index (χ1n) is 7.08. The van der Waals surface area contributed by atoms with Crippen LogP contribution in [0.1, 0.15) is 46.5 Å². The Morgan fingerprint density at radius 1 is 1.32 bits per heavy atom. The van der Waals surface area contributed by atoms with Crippen molar-refractivity contribution in [3.8, 4) is 0 Å². The Bertz CT molecular complexity index is 318. The van der Waals surface area contributed by atoms with Crippen molar-refractivity contribution in [1.29, 1.82) is 0 Å². The fourth-order valence-corrected chi connectivity index (χ4v) is 2.58. The monoisotopic (exact) mass is 270 g/mol. The Labute approximate surface area is 115 Å². The molecule has 1 fully saturated rings. The minimum atomic E-state index is -0.201. The summed E-state index contributed by atoms with van der Waals surface area (Å²) in [6, 6.07) is 0.0604. The molecule has 1 saturated heterocycles. The highest BCUT2D eigenvalue weighted by atomic mass is 16.5. The van der Waals surface area contributed by atoms with Crippen LogP contribution in [0.2, 0.25) is 0 Å². The molecule has 0 bridgehead atoms. The average molecular weight is 270 g/mol. The molecule has 1 amide bonds. The van der Waals surface area contributed by atoms with Crippen LogP contribution in [0.15, 0.2) is 0 Å². The maximum Gasteiger partial charge on any atom is 0.307 e. The quantitative estimate of drug-likeness (QED) is 0.765. The highest BCUT2D eigenvalue weighted by molar-refractivity contribution is 5.81. The van der Waals surface area contributed by atoms with Gasteiger partial charge in [0.25, 0.3) is 0 Å². The number of methoxy groups -OCH3 is 1. The van der Waals surface area contributed by atoms with Gasteiger partial charge in [0.05, 0.1) is 19.6 Å². The number of piperidine rings is 1. The average Bonchev–Trinajstić information content (AvgIpc) is 2.37. The molecular formula is C14H26N2O3. The standard InChI is InChI=1S/C14H26N2O3/c1-10(2)15-14(18)11(3)16-8-6-5-7-12(16)9-13(17)19-4/h10-12H,5-9H2,1-4H3,(H,15,18). The number of esters is 1. The van der Waals surface area contributed by atoms with Gasteiger partial charge in [-0.1, -0.05) is 6.42 Å². The number of hydrogen-bond acceptors (Lipinski definition) is 4. The van der Waals surface area contributed by atoms with Gasteiger partial charge < -0.3 is 10.1 Å². The number of nitrogens with zero attached hydrogens (tertiary/aromatic N) is 1. The molecule has 5 heteroatoms. The third-order valence-corrected chi connectivity index (χ3v) is 3.61. The van der Waals surface area contributed by atoms with Gasteiger partial charge in [-0.25, -0.2) is 0 Å². The highest BCUT2D eigenvalue weighted by Gasteiger charge is 2.31. The lowest BCUT2D eigenvalue weighted by atomic mass is 9.97. The number of carbonyl (C=O) groups is 2. The number of amides is 1. The summed E-state index contributed by atoms with van der Waals surface area (Å²) >= 11 is 0. The van der Waals surface area contributed by atoms with Crippen molar-refractivity contribution in [3.63, 3.8) is 0 Å². The minimum absolute atomic E-state index is 0.0340. The van der Waals surface area contributed by atoms with E-state index in [2.05, 4.69) is 10.2 Å². The summed E-state index contributed by atoms with van der Waals surface area (Å²) in [6.07, 6.45) is 3.51. The van der Waals surface area contributed by atoms with Crippen LogP contribution in [-0.4, -0.2) is 48.6 Å². The summed E-state index contributed by atoms with van der Waals surface area (Å²) in [5, 5.41) is 2.93. The second-order valence-electron chi connectivity index (χ2n) is 5.51. The summed E-state index contributed by atoms with van der Waals surface area (Å²) < 4.78 is 4.74. The maximum atomic E-state index is 12.1. The van der Waals surface area contributed by atoms with Crippen molar-refractivity contribution >= 4 is 11.9 Å². The molecule has 110 valence electrons. The van der Waals surface area contributed by atoms with Crippen molar-refractivity contribution in [2.45, 2.75) is 64.6 Å². The van der Waals surface area contributed by atoms with Gasteiger partial charge in [0, 0.05) is 12.1 Å². The van der Waals surface area contributed by atoms with Crippen LogP contribution in [0.5, 0.6) is 0 Å². The molecule has 0 aromatic rings. The summed E-state index contributed by atoms with van der Waals surface area (Å²) in [5.41, 5.74) is 0. The fraction of sp³-hybridized carbons (Fsp3) is 0.857. The second kappa shape index (κ2) is 7.48. The fourth-order valence-electron chi connectivity index (χ4n) is 2.58. The number of ether oxygens (including phenoxy) is 1. The van der Waals surface area contributed by atoms with E-state index in [1.54, 1.807) is 0 Å². The highest BCUT2D eigenvalue weighted by Crippen LogP contribution is 2.22. The Hall–Kier alpha value is -1.10. The topological polar surface area (TPSA) is 58.6 Å². The van der Waals surface area contributed by atoms with Gasteiger partial charge in [-0.2, -0.15) is 0 Å². The van der Waals surface area contributed by atoms with Crippen LogP contribution in [-0.2, 0) is 14.3 Å². The first kappa shape index (κ1) is 16.0. The van der Waals surface area contributed by atoms with Crippen LogP contribution in [0.4, 0.5) is 0 Å². The van der Waals surface area contributed by atoms with Gasteiger partial charge in [-0.3, -0.25) is 14.5 Å². The predicted octanol–water partition coefficient (Wildman–Crippen LogP) is 1.32. The van der Waals surface area contributed by atoms with E-state index in [0.717, 1.165) is 25.8 Å². The molecule has 2 atom stereocenters. The van der Waals surface area contributed by atoms with Crippen molar-refractivity contribution in [2.75, 3.05) is 13.7 Å². The molecule has 1 heterocycles. The first-order valence-corrected chi connectivity index (χ1v) is 7.08. The van der Waals surface area contributed by atoms with Crippen LogP contribution < -0.4 is 5.32 Å². The maximum absolute atomic E-state index is 12.1. The molecule has 1 rings (SSSR count). The molecule has 0 aliphatic carbocycles. The molecule has 1 aliphatic heterocycles. The molecule has 0 spiro atoms. The molecular weight excluding hydrogens is 244 g/mol. The number of carbonyl (C=O) groups excluding carboxylic acids is 2. The van der Waals surface area contributed by atoms with Gasteiger partial charge in [-0.15, -0.1) is 0 Å². The number of likely N-dealkylation sites (tertiary alicyclic amines) is 1. The van der Waals surface area contributed by atoms with Gasteiger partial charge in [0.15, 0.2) is 0 Å². The normalized spacial score (nSPS) is 22.1. The van der Waals surface area contributed by atoms with Crippen LogP contribution in [0, 0.1) is 0 Å². The summed E-state index contributed by atoms with van der Waals surface area (Å²) in [7, 11) is 1.41. The largest absolute Gasteiger partial charge is 0.469 e. The Balaban J connectivity index is 2.64. The lowest BCUT2D eigenvalue weighted by molar-refractivity contribution is -0.143. The number of hydrogen-bond donors (Lipinski definition) is 1. The van der Waals surface area contributed by atoms with Crippen LogP contribution in [0.25, 0.3) is 0 Å². The van der Waals surface area contributed by atoms with Crippen molar-refractivity contribution < 1.29 is 14.3 Å². The summed E-state index contributed by atoms with van der Waals surface area (Å²) in [4.78, 5) is 25.7. The van der Waals surface area contributed by atoms with E-state index in [-0.39, 0.29) is 30.0 Å². The Morgan fingerprint density at radius 2 is 2.00 bits per heavy atom. The zero-order valence-electron chi connectivity index (χ0n) is 12.4. The Kier molecular flexibility index (Phi) is 6.28. The van der Waals surface area contributed by atoms with Crippen molar-refractivity contribution in [3.05, 3.63) is 0 Å². The van der Waals surface area contributed by atoms with Crippen LogP contribution in [0.3, 0.4) is 0 Å². The summed E-state index contributed by atoms with van der Waals surface area (Å²) in [5.74, 6) is -0.167. The molecule has 1 N–H and O–H groups in total. The van der Waals surface area contributed by atoms with E-state index in [0.29, 0.717) is 6.42 Å². The van der Waals surface area contributed by atoms with Gasteiger partial charge in [0.1, 0.15) is 0 Å². The van der Waals surface area contributed by atoms with Gasteiger partial charge in [-0.05, 0) is 40.2 Å². The zero-order valence-corrected chi connectivity index (χ0v) is 12.4. The zero-order chi connectivity index (χ0) is 14.4. The van der Waals surface area contributed by atoms with Crippen molar-refractivity contribution in [2.24, 2.45) is 0 Å². The lowest BCUT2D eigenvalue weighted by Crippen LogP contribution is -2.53.